The molecule has 0 bridgehead atoms. The predicted octanol–water partition coefficient (Wildman–Crippen LogP) is 4.08. The molecule has 3 aliphatic rings. The van der Waals surface area contributed by atoms with Gasteiger partial charge in [0.15, 0.2) is 17.5 Å². The third-order valence-corrected chi connectivity index (χ3v) is 6.14. The second-order valence-electron chi connectivity index (χ2n) is 3.62. The first-order valence-electron chi connectivity index (χ1n) is 5.21. The van der Waals surface area contributed by atoms with Crippen LogP contribution in [0, 0.1) is 0 Å². The Labute approximate surface area is 115 Å². The molecule has 0 aromatic heterocycles. The van der Waals surface area contributed by atoms with Crippen molar-refractivity contribution in [3.05, 3.63) is 21.5 Å². The monoisotopic (exact) mass is 306 g/mol. The van der Waals surface area contributed by atoms with Crippen LogP contribution in [0.15, 0.2) is 25.9 Å². The minimum Gasteiger partial charge on any atom is -0.308 e. The predicted molar refractivity (Wildman–Crippen MR) is 76.7 cm³/mol. The van der Waals surface area contributed by atoms with Crippen LogP contribution in [0.4, 0.5) is 4.39 Å². The van der Waals surface area contributed by atoms with Crippen molar-refractivity contribution >= 4 is 49.4 Å². The zero-order valence-corrected chi connectivity index (χ0v) is 12.2. The fourth-order valence-electron chi connectivity index (χ4n) is 1.68. The first-order chi connectivity index (χ1) is 8.33. The van der Waals surface area contributed by atoms with E-state index in [0.717, 1.165) is 31.0 Å². The Morgan fingerprint density at radius 2 is 2.06 bits per heavy atom. The molecule has 0 aliphatic carbocycles. The maximum absolute atomic E-state index is 14.2. The van der Waals surface area contributed by atoms with Crippen molar-refractivity contribution in [2.75, 3.05) is 6.54 Å². The highest BCUT2D eigenvalue weighted by Crippen LogP contribution is 2.54. The highest BCUT2D eigenvalue weighted by Gasteiger charge is 2.39. The van der Waals surface area contributed by atoms with E-state index in [-0.39, 0.29) is 5.83 Å². The maximum Gasteiger partial charge on any atom is 0.161 e. The molecule has 0 unspecified atom stereocenters. The summed E-state index contributed by atoms with van der Waals surface area (Å²) in [5.74, 6) is 1.34. The molecule has 17 heavy (non-hydrogen) atoms. The zero-order chi connectivity index (χ0) is 11.8. The molecule has 0 amide bonds. The molecule has 1 radical (unpaired) electrons. The van der Waals surface area contributed by atoms with Crippen LogP contribution in [0.5, 0.6) is 0 Å². The van der Waals surface area contributed by atoms with Crippen molar-refractivity contribution < 1.29 is 4.39 Å². The summed E-state index contributed by atoms with van der Waals surface area (Å²) in [4.78, 5) is 3.38. The van der Waals surface area contributed by atoms with Gasteiger partial charge in [-0.25, -0.2) is 4.39 Å². The molecule has 8 heteroatoms. The Balaban J connectivity index is 1.98. The van der Waals surface area contributed by atoms with Crippen LogP contribution in [0.25, 0.3) is 0 Å². The van der Waals surface area contributed by atoms with Gasteiger partial charge >= 0.3 is 0 Å². The lowest BCUT2D eigenvalue weighted by Crippen LogP contribution is -2.35. The number of hydrogen-bond donors (Lipinski definition) is 0. The van der Waals surface area contributed by atoms with Crippen LogP contribution in [0.2, 0.25) is 0 Å². The van der Waals surface area contributed by atoms with Gasteiger partial charge in [0.05, 0.1) is 22.0 Å². The molecule has 0 saturated carbocycles. The maximum atomic E-state index is 14.2. The van der Waals surface area contributed by atoms with Gasteiger partial charge in [0.2, 0.25) is 0 Å². The summed E-state index contributed by atoms with van der Waals surface area (Å²) in [5.41, 5.74) is 0. The van der Waals surface area contributed by atoms with Gasteiger partial charge in [0.25, 0.3) is 0 Å². The summed E-state index contributed by atoms with van der Waals surface area (Å²) < 4.78 is 22.8. The Bertz CT molecular complexity index is 446. The summed E-state index contributed by atoms with van der Waals surface area (Å²) in [5, 5.41) is 0. The molecule has 0 saturated heterocycles. The highest BCUT2D eigenvalue weighted by atomic mass is 33.1. The smallest absolute Gasteiger partial charge is 0.161 e. The summed E-state index contributed by atoms with van der Waals surface area (Å²) in [6.45, 7) is 3.00. The molecular formula is C9H9FN3S4. The minimum absolute atomic E-state index is 0.153. The quantitative estimate of drug-likeness (QED) is 0.579. The molecule has 0 spiro atoms. The van der Waals surface area contributed by atoms with Crippen LogP contribution in [0.1, 0.15) is 19.8 Å². The topological polar surface area (TPSA) is 29.7 Å². The molecule has 0 aromatic carbocycles. The Kier molecular flexibility index (Phi) is 3.56. The first-order valence-corrected chi connectivity index (χ1v) is 9.43. The zero-order valence-electron chi connectivity index (χ0n) is 8.97. The fraction of sp³-hybridized carbons (Fsp3) is 0.444. The second kappa shape index (κ2) is 4.99. The van der Waals surface area contributed by atoms with E-state index >= 15 is 0 Å². The van der Waals surface area contributed by atoms with Gasteiger partial charge in [0, 0.05) is 6.54 Å². The minimum atomic E-state index is -0.153. The van der Waals surface area contributed by atoms with Gasteiger partial charge in [-0.2, -0.15) is 9.12 Å². The fourth-order valence-corrected chi connectivity index (χ4v) is 5.40. The number of hydrogen-bond acceptors (Lipinski definition) is 6. The Morgan fingerprint density at radius 3 is 2.88 bits per heavy atom. The second-order valence-corrected chi connectivity index (χ2v) is 7.33. The van der Waals surface area contributed by atoms with E-state index in [1.54, 1.807) is 0 Å². The van der Waals surface area contributed by atoms with Crippen LogP contribution in [0.3, 0.4) is 0 Å². The highest BCUT2D eigenvalue weighted by molar-refractivity contribution is 8.79. The van der Waals surface area contributed by atoms with Gasteiger partial charge in [-0.05, 0) is 28.0 Å². The number of fused-ring (bicyclic) bond motifs is 1. The van der Waals surface area contributed by atoms with E-state index in [9.17, 15) is 4.39 Å². The van der Waals surface area contributed by atoms with Crippen LogP contribution in [-0.4, -0.2) is 17.3 Å². The van der Waals surface area contributed by atoms with Crippen molar-refractivity contribution in [2.45, 2.75) is 19.8 Å². The van der Waals surface area contributed by atoms with E-state index in [2.05, 4.69) is 20.9 Å². The van der Waals surface area contributed by atoms with Crippen LogP contribution < -0.4 is 4.72 Å². The Morgan fingerprint density at radius 1 is 1.24 bits per heavy atom. The Hall–Kier alpha value is 0.0800. The molecule has 0 fully saturated rings. The number of allylic oxidation sites excluding steroid dienone is 1. The molecule has 0 atom stereocenters. The lowest BCUT2D eigenvalue weighted by atomic mass is 10.2. The van der Waals surface area contributed by atoms with Crippen molar-refractivity contribution in [3.8, 4) is 0 Å². The van der Waals surface area contributed by atoms with E-state index in [4.69, 9.17) is 0 Å². The van der Waals surface area contributed by atoms with Gasteiger partial charge in [-0.3, -0.25) is 0 Å². The summed E-state index contributed by atoms with van der Waals surface area (Å²) in [6.07, 6.45) is 2.17. The molecule has 3 nitrogen and oxygen atoms in total. The molecule has 0 aromatic rings. The summed E-state index contributed by atoms with van der Waals surface area (Å²) in [6, 6.07) is 0. The third-order valence-electron chi connectivity index (χ3n) is 2.54. The van der Waals surface area contributed by atoms with Gasteiger partial charge in [-0.1, -0.05) is 13.3 Å². The van der Waals surface area contributed by atoms with E-state index < -0.39 is 0 Å². The molecule has 0 N–H and O–H groups in total. The molecule has 3 aliphatic heterocycles. The van der Waals surface area contributed by atoms with Crippen molar-refractivity contribution in [2.24, 2.45) is 4.40 Å². The van der Waals surface area contributed by atoms with Crippen LogP contribution >= 0.6 is 43.5 Å². The normalized spacial score (nSPS) is 22.7. The number of amidine groups is 1. The van der Waals surface area contributed by atoms with Gasteiger partial charge < -0.3 is 4.90 Å². The van der Waals surface area contributed by atoms with Crippen molar-refractivity contribution in [1.29, 1.82) is 0 Å². The average Bonchev–Trinajstić information content (AvgIpc) is 2.97. The molecule has 91 valence electrons. The lowest BCUT2D eigenvalue weighted by molar-refractivity contribution is 0.467. The van der Waals surface area contributed by atoms with E-state index in [1.807, 2.05) is 0 Å². The van der Waals surface area contributed by atoms with Crippen LogP contribution in [-0.2, 0) is 0 Å². The molecular weight excluding hydrogens is 297 g/mol. The molecule has 3 rings (SSSR count). The van der Waals surface area contributed by atoms with Gasteiger partial charge in [0.1, 0.15) is 9.81 Å². The number of halogens is 1. The molecule has 3 heterocycles. The summed E-state index contributed by atoms with van der Waals surface area (Å²) in [7, 11) is 5.48. The standard InChI is InChI=1S/C9H9FN3S4/c1-2-3-4-13-8-6(14-16-11-8)5(10)7-9(13)12-17-15-7/h2-4H2,1H3. The van der Waals surface area contributed by atoms with E-state index in [0.29, 0.717) is 9.81 Å². The third kappa shape index (κ3) is 1.98. The summed E-state index contributed by atoms with van der Waals surface area (Å²) >= 11 is 0. The largest absolute Gasteiger partial charge is 0.308 e. The van der Waals surface area contributed by atoms with Crippen molar-refractivity contribution in [1.82, 2.24) is 9.62 Å². The van der Waals surface area contributed by atoms with Gasteiger partial charge in [-0.15, -0.1) is 0 Å². The average molecular weight is 306 g/mol. The number of rotatable bonds is 3. The number of unbranched alkanes of at least 4 members (excludes halogenated alkanes) is 1. The van der Waals surface area contributed by atoms with Crippen molar-refractivity contribution in [3.63, 3.8) is 0 Å². The first kappa shape index (κ1) is 12.1. The van der Waals surface area contributed by atoms with E-state index in [1.165, 1.54) is 43.5 Å². The number of nitrogens with zero attached hydrogens (tertiary/aromatic N) is 3. The SMILES string of the molecule is CCCCN1C2=NSSC2=C(F)C2=C1[N]SS2. The lowest BCUT2D eigenvalue weighted by Gasteiger charge is -2.27.